The Morgan fingerprint density at radius 1 is 1.18 bits per heavy atom. The molecule has 1 amide bonds. The summed E-state index contributed by atoms with van der Waals surface area (Å²) in [4.78, 5) is 18.2. The number of carbonyl (C=O) groups is 1. The second-order valence-electron chi connectivity index (χ2n) is 7.86. The third-order valence-electron chi connectivity index (χ3n) is 5.58. The fourth-order valence-electron chi connectivity index (χ4n) is 4.01. The summed E-state index contributed by atoms with van der Waals surface area (Å²) in [5.74, 6) is 0.463. The number of rotatable bonds is 6. The van der Waals surface area contributed by atoms with Crippen LogP contribution in [-0.2, 0) is 11.2 Å². The summed E-state index contributed by atoms with van der Waals surface area (Å²) in [7, 11) is 0. The SMILES string of the molecule is CCOc1ccc(-n2c(C)cc(/C=C3/C(=N)N4N=C(Cc5cccs5)SC4=NC3=O)c2C)cc1. The minimum absolute atomic E-state index is 0.0505. The van der Waals surface area contributed by atoms with Crippen LogP contribution in [0.5, 0.6) is 5.75 Å². The minimum Gasteiger partial charge on any atom is -0.494 e. The molecule has 0 unspecified atom stereocenters. The van der Waals surface area contributed by atoms with Gasteiger partial charge in [-0.2, -0.15) is 15.1 Å². The molecule has 1 aromatic carbocycles. The molecule has 34 heavy (non-hydrogen) atoms. The Hall–Kier alpha value is -3.43. The molecule has 1 N–H and O–H groups in total. The zero-order chi connectivity index (χ0) is 23.8. The molecule has 3 aromatic rings. The Kier molecular flexibility index (Phi) is 5.97. The Morgan fingerprint density at radius 2 is 1.97 bits per heavy atom. The summed E-state index contributed by atoms with van der Waals surface area (Å²) in [5, 5.41) is 18.0. The number of hydrazone groups is 1. The first-order chi connectivity index (χ1) is 16.4. The van der Waals surface area contributed by atoms with Crippen molar-refractivity contribution in [1.29, 1.82) is 5.41 Å². The van der Waals surface area contributed by atoms with Gasteiger partial charge in [0.15, 0.2) is 5.84 Å². The van der Waals surface area contributed by atoms with Crippen LogP contribution in [0, 0.1) is 19.3 Å². The first kappa shape index (κ1) is 22.4. The van der Waals surface area contributed by atoms with Crippen molar-refractivity contribution in [1.82, 2.24) is 9.58 Å². The van der Waals surface area contributed by atoms with Crippen LogP contribution in [0.25, 0.3) is 11.8 Å². The lowest BCUT2D eigenvalue weighted by Gasteiger charge is -2.20. The van der Waals surface area contributed by atoms with E-state index < -0.39 is 5.91 Å². The molecule has 0 aliphatic carbocycles. The summed E-state index contributed by atoms with van der Waals surface area (Å²) < 4.78 is 7.67. The van der Waals surface area contributed by atoms with Gasteiger partial charge < -0.3 is 9.30 Å². The van der Waals surface area contributed by atoms with Gasteiger partial charge in [0, 0.05) is 28.4 Å². The average Bonchev–Trinajstić information content (AvgIpc) is 3.53. The monoisotopic (exact) mass is 489 g/mol. The molecule has 0 atom stereocenters. The largest absolute Gasteiger partial charge is 0.494 e. The van der Waals surface area contributed by atoms with E-state index in [1.165, 1.54) is 21.6 Å². The number of nitrogens with one attached hydrogen (secondary N) is 1. The summed E-state index contributed by atoms with van der Waals surface area (Å²) in [6.07, 6.45) is 2.41. The number of fused-ring (bicyclic) bond motifs is 1. The molecule has 2 aliphatic rings. The van der Waals surface area contributed by atoms with Crippen molar-refractivity contribution in [2.45, 2.75) is 27.2 Å². The van der Waals surface area contributed by atoms with Crippen molar-refractivity contribution in [2.24, 2.45) is 10.1 Å². The van der Waals surface area contributed by atoms with Crippen molar-refractivity contribution in [2.75, 3.05) is 6.61 Å². The summed E-state index contributed by atoms with van der Waals surface area (Å²) in [6, 6.07) is 14.0. The molecule has 0 bridgehead atoms. The van der Waals surface area contributed by atoms with E-state index in [2.05, 4.69) is 20.7 Å². The maximum Gasteiger partial charge on any atom is 0.283 e. The number of aromatic nitrogens is 1. The molecule has 2 aliphatic heterocycles. The Bertz CT molecular complexity index is 1360. The molecule has 7 nitrogen and oxygen atoms in total. The predicted molar refractivity (Wildman–Crippen MR) is 139 cm³/mol. The number of carbonyl (C=O) groups excluding carboxylic acids is 1. The number of thiophene rings is 1. The fraction of sp³-hybridized carbons (Fsp3) is 0.200. The smallest absolute Gasteiger partial charge is 0.283 e. The molecule has 0 saturated carbocycles. The zero-order valence-electron chi connectivity index (χ0n) is 19.0. The van der Waals surface area contributed by atoms with Crippen molar-refractivity contribution < 1.29 is 9.53 Å². The highest BCUT2D eigenvalue weighted by Crippen LogP contribution is 2.31. The lowest BCUT2D eigenvalue weighted by atomic mass is 10.1. The molecule has 4 heterocycles. The standard InChI is InChI=1S/C25H23N5O2S2/c1-4-32-19-9-7-18(8-10-19)29-15(2)12-17(16(29)3)13-21-23(26)30-25(27-24(21)31)34-22(28-30)14-20-6-5-11-33-20/h5-13,26H,4,14H2,1-3H3/b21-13-,26-23?. The van der Waals surface area contributed by atoms with Crippen LogP contribution in [0.3, 0.4) is 0 Å². The van der Waals surface area contributed by atoms with Crippen LogP contribution in [-0.4, -0.2) is 38.1 Å². The average molecular weight is 490 g/mol. The molecule has 0 saturated heterocycles. The Labute approximate surface area is 206 Å². The Balaban J connectivity index is 1.44. The normalized spacial score (nSPS) is 16.7. The van der Waals surface area contributed by atoms with Gasteiger partial charge in [-0.3, -0.25) is 10.2 Å². The van der Waals surface area contributed by atoms with E-state index in [0.717, 1.165) is 33.4 Å². The van der Waals surface area contributed by atoms with Gasteiger partial charge in [0.2, 0.25) is 5.17 Å². The summed E-state index contributed by atoms with van der Waals surface area (Å²) >= 11 is 3.01. The van der Waals surface area contributed by atoms with Gasteiger partial charge >= 0.3 is 0 Å². The van der Waals surface area contributed by atoms with Crippen molar-refractivity contribution in [3.05, 3.63) is 75.2 Å². The quantitative estimate of drug-likeness (QED) is 0.469. The van der Waals surface area contributed by atoms with Crippen molar-refractivity contribution in [3.8, 4) is 11.4 Å². The second-order valence-corrected chi connectivity index (χ2v) is 9.93. The first-order valence-corrected chi connectivity index (χ1v) is 12.6. The fourth-order valence-corrected chi connectivity index (χ4v) is 5.72. The molecule has 0 fully saturated rings. The minimum atomic E-state index is -0.415. The third-order valence-corrected chi connectivity index (χ3v) is 7.36. The van der Waals surface area contributed by atoms with Crippen molar-refractivity contribution >= 4 is 51.1 Å². The molecule has 172 valence electrons. The van der Waals surface area contributed by atoms with E-state index in [-0.39, 0.29) is 11.4 Å². The van der Waals surface area contributed by atoms with E-state index >= 15 is 0 Å². The van der Waals surface area contributed by atoms with Gasteiger partial charge in [0.25, 0.3) is 5.91 Å². The summed E-state index contributed by atoms with van der Waals surface area (Å²) in [5.41, 5.74) is 4.11. The maximum atomic E-state index is 12.8. The molecule has 0 spiro atoms. The number of hydrogen-bond acceptors (Lipinski definition) is 6. The predicted octanol–water partition coefficient (Wildman–Crippen LogP) is 5.42. The third kappa shape index (κ3) is 4.12. The van der Waals surface area contributed by atoms with Crippen LogP contribution in [0.4, 0.5) is 0 Å². The molecule has 0 radical (unpaired) electrons. The van der Waals surface area contributed by atoms with Crippen LogP contribution in [0.2, 0.25) is 0 Å². The number of amidine groups is 2. The number of ether oxygens (including phenoxy) is 1. The lowest BCUT2D eigenvalue weighted by molar-refractivity contribution is -0.114. The van der Waals surface area contributed by atoms with Crippen LogP contribution in [0.1, 0.15) is 28.8 Å². The summed E-state index contributed by atoms with van der Waals surface area (Å²) in [6.45, 7) is 6.61. The second kappa shape index (κ2) is 9.08. The molecule has 5 rings (SSSR count). The van der Waals surface area contributed by atoms with E-state index in [9.17, 15) is 4.79 Å². The van der Waals surface area contributed by atoms with Crippen molar-refractivity contribution in [3.63, 3.8) is 0 Å². The lowest BCUT2D eigenvalue weighted by Crippen LogP contribution is -2.35. The van der Waals surface area contributed by atoms with E-state index in [0.29, 0.717) is 18.2 Å². The van der Waals surface area contributed by atoms with E-state index in [1.807, 2.05) is 62.5 Å². The number of aliphatic imine (C=N–C) groups is 1. The number of benzene rings is 1. The van der Waals surface area contributed by atoms with Crippen LogP contribution >= 0.6 is 23.1 Å². The number of thioether (sulfide) groups is 1. The van der Waals surface area contributed by atoms with E-state index in [4.69, 9.17) is 10.1 Å². The molecular formula is C25H23N5O2S2. The van der Waals surface area contributed by atoms with Gasteiger partial charge in [-0.25, -0.2) is 0 Å². The van der Waals surface area contributed by atoms with Gasteiger partial charge in [-0.05, 0) is 86.0 Å². The zero-order valence-corrected chi connectivity index (χ0v) is 20.7. The number of amides is 1. The molecule has 9 heteroatoms. The number of nitrogens with zero attached hydrogens (tertiary/aromatic N) is 4. The molecular weight excluding hydrogens is 466 g/mol. The highest BCUT2D eigenvalue weighted by molar-refractivity contribution is 8.27. The highest BCUT2D eigenvalue weighted by Gasteiger charge is 2.35. The van der Waals surface area contributed by atoms with Crippen LogP contribution in [0.15, 0.2) is 63.5 Å². The first-order valence-electron chi connectivity index (χ1n) is 10.9. The van der Waals surface area contributed by atoms with Gasteiger partial charge in [0.1, 0.15) is 10.8 Å². The molecule has 2 aromatic heterocycles. The van der Waals surface area contributed by atoms with Gasteiger partial charge in [-0.1, -0.05) is 6.07 Å². The number of aryl methyl sites for hydroxylation is 1. The van der Waals surface area contributed by atoms with E-state index in [1.54, 1.807) is 17.4 Å². The maximum absolute atomic E-state index is 12.8. The number of hydrogen-bond donors (Lipinski definition) is 1. The van der Waals surface area contributed by atoms with Gasteiger partial charge in [-0.15, -0.1) is 11.3 Å². The van der Waals surface area contributed by atoms with Crippen LogP contribution < -0.4 is 4.74 Å². The topological polar surface area (TPSA) is 83.0 Å². The highest BCUT2D eigenvalue weighted by atomic mass is 32.2. The van der Waals surface area contributed by atoms with Gasteiger partial charge in [0.05, 0.1) is 12.2 Å². The Morgan fingerprint density at radius 3 is 2.68 bits per heavy atom.